The van der Waals surface area contributed by atoms with E-state index >= 15 is 0 Å². The number of nitrogens with one attached hydrogen (secondary N) is 2. The third kappa shape index (κ3) is 5.14. The van der Waals surface area contributed by atoms with Crippen LogP contribution < -0.4 is 24.8 Å². The van der Waals surface area contributed by atoms with Crippen molar-refractivity contribution in [2.45, 2.75) is 26.9 Å². The summed E-state index contributed by atoms with van der Waals surface area (Å²) in [4.78, 5) is 4.35. The molecule has 2 N–H and O–H groups in total. The summed E-state index contributed by atoms with van der Waals surface area (Å²) in [5.41, 5.74) is 5.17. The van der Waals surface area contributed by atoms with E-state index in [1.54, 1.807) is 28.4 Å². The van der Waals surface area contributed by atoms with E-state index in [2.05, 4.69) is 45.8 Å². The van der Waals surface area contributed by atoms with E-state index in [1.165, 1.54) is 0 Å². The van der Waals surface area contributed by atoms with E-state index in [1.807, 2.05) is 35.9 Å². The number of hydrogen-bond acceptors (Lipinski definition) is 5. The number of nitrogens with zero attached hydrogens (tertiary/aromatic N) is 3. The smallest absolute Gasteiger partial charge is 0.191 e. The van der Waals surface area contributed by atoms with Gasteiger partial charge in [-0.3, -0.25) is 4.99 Å². The zero-order valence-corrected chi connectivity index (χ0v) is 19.5. The van der Waals surface area contributed by atoms with Crippen LogP contribution in [0.3, 0.4) is 0 Å². The summed E-state index contributed by atoms with van der Waals surface area (Å²) in [5.74, 6) is 2.65. The number of para-hydroxylation sites is 1. The van der Waals surface area contributed by atoms with Gasteiger partial charge in [0.15, 0.2) is 17.5 Å². The van der Waals surface area contributed by atoms with Crippen LogP contribution in [-0.4, -0.2) is 44.1 Å². The zero-order chi connectivity index (χ0) is 23.1. The largest absolute Gasteiger partial charge is 0.496 e. The number of benzene rings is 2. The Morgan fingerprint density at radius 2 is 1.50 bits per heavy atom. The van der Waals surface area contributed by atoms with Crippen molar-refractivity contribution in [3.8, 4) is 22.9 Å². The van der Waals surface area contributed by atoms with Crippen molar-refractivity contribution in [3.63, 3.8) is 0 Å². The Morgan fingerprint density at radius 1 is 0.875 bits per heavy atom. The van der Waals surface area contributed by atoms with Crippen molar-refractivity contribution in [3.05, 3.63) is 65.0 Å². The normalized spacial score (nSPS) is 11.2. The molecule has 1 heterocycles. The first-order chi connectivity index (χ1) is 15.5. The molecule has 0 aliphatic rings. The molecule has 0 aliphatic heterocycles. The van der Waals surface area contributed by atoms with Gasteiger partial charge in [0.25, 0.3) is 0 Å². The summed E-state index contributed by atoms with van der Waals surface area (Å²) in [5, 5.41) is 11.3. The molecule has 0 bridgehead atoms. The van der Waals surface area contributed by atoms with Gasteiger partial charge in [0.2, 0.25) is 0 Å². The van der Waals surface area contributed by atoms with Gasteiger partial charge in [-0.15, -0.1) is 0 Å². The van der Waals surface area contributed by atoms with Gasteiger partial charge >= 0.3 is 0 Å². The molecule has 0 spiro atoms. The highest BCUT2D eigenvalue weighted by Crippen LogP contribution is 2.34. The SMILES string of the molecule is CN=C(NCc1cc(OC)c(OC)cc1OC)NCc1ccccc1-n1nc(C)cc1C. The van der Waals surface area contributed by atoms with Gasteiger partial charge < -0.3 is 24.8 Å². The third-order valence-corrected chi connectivity index (χ3v) is 5.13. The number of hydrogen-bond donors (Lipinski definition) is 2. The number of aromatic nitrogens is 2. The van der Waals surface area contributed by atoms with E-state index in [-0.39, 0.29) is 0 Å². The average molecular weight is 438 g/mol. The monoisotopic (exact) mass is 437 g/mol. The van der Waals surface area contributed by atoms with Crippen LogP contribution in [0.25, 0.3) is 5.69 Å². The molecule has 0 aliphatic carbocycles. The summed E-state index contributed by atoms with van der Waals surface area (Å²) in [6.45, 7) is 5.15. The van der Waals surface area contributed by atoms with Crippen molar-refractivity contribution < 1.29 is 14.2 Å². The number of rotatable bonds is 8. The van der Waals surface area contributed by atoms with Gasteiger partial charge in [0, 0.05) is 37.5 Å². The number of methoxy groups -OCH3 is 3. The molecule has 0 atom stereocenters. The zero-order valence-electron chi connectivity index (χ0n) is 19.5. The Hall–Kier alpha value is -3.68. The predicted octanol–water partition coefficient (Wildman–Crippen LogP) is 3.38. The highest BCUT2D eigenvalue weighted by Gasteiger charge is 2.13. The predicted molar refractivity (Wildman–Crippen MR) is 126 cm³/mol. The molecule has 32 heavy (non-hydrogen) atoms. The quantitative estimate of drug-likeness (QED) is 0.415. The number of guanidine groups is 1. The van der Waals surface area contributed by atoms with Crippen LogP contribution in [0.4, 0.5) is 0 Å². The van der Waals surface area contributed by atoms with Crippen molar-refractivity contribution >= 4 is 5.96 Å². The molecule has 2 aromatic carbocycles. The lowest BCUT2D eigenvalue weighted by atomic mass is 10.1. The Balaban J connectivity index is 1.72. The molecular weight excluding hydrogens is 406 g/mol. The molecule has 0 unspecified atom stereocenters. The van der Waals surface area contributed by atoms with Crippen molar-refractivity contribution in [1.82, 2.24) is 20.4 Å². The average Bonchev–Trinajstić information content (AvgIpc) is 3.16. The van der Waals surface area contributed by atoms with Crippen LogP contribution in [-0.2, 0) is 13.1 Å². The first-order valence-electron chi connectivity index (χ1n) is 10.4. The molecule has 3 aromatic rings. The van der Waals surface area contributed by atoms with Gasteiger partial charge in [-0.05, 0) is 37.6 Å². The summed E-state index contributed by atoms with van der Waals surface area (Å²) >= 11 is 0. The lowest BCUT2D eigenvalue weighted by Gasteiger charge is -2.17. The van der Waals surface area contributed by atoms with Crippen molar-refractivity contribution in [2.24, 2.45) is 4.99 Å². The Morgan fingerprint density at radius 3 is 2.09 bits per heavy atom. The molecular formula is C24H31N5O3. The van der Waals surface area contributed by atoms with E-state index < -0.39 is 0 Å². The summed E-state index contributed by atoms with van der Waals surface area (Å²) in [6, 6.07) is 14.0. The minimum absolute atomic E-state index is 0.502. The number of aryl methyl sites for hydroxylation is 2. The minimum Gasteiger partial charge on any atom is -0.496 e. The van der Waals surface area contributed by atoms with Gasteiger partial charge in [-0.25, -0.2) is 4.68 Å². The van der Waals surface area contributed by atoms with Crippen molar-refractivity contribution in [1.29, 1.82) is 0 Å². The minimum atomic E-state index is 0.502. The first kappa shape index (κ1) is 23.0. The second-order valence-electron chi connectivity index (χ2n) is 7.27. The molecule has 1 aromatic heterocycles. The molecule has 0 radical (unpaired) electrons. The van der Waals surface area contributed by atoms with E-state index in [0.717, 1.165) is 28.2 Å². The fraction of sp³-hybridized carbons (Fsp3) is 0.333. The van der Waals surface area contributed by atoms with Crippen LogP contribution >= 0.6 is 0 Å². The Labute approximate surface area is 189 Å². The van der Waals surface area contributed by atoms with Crippen LogP contribution in [0.2, 0.25) is 0 Å². The standard InChI is InChI=1S/C24H31N5O3/c1-16-11-17(2)29(28-16)20-10-8-7-9-18(20)14-26-24(25-3)27-15-19-12-22(31-5)23(32-6)13-21(19)30-4/h7-13H,14-15H2,1-6H3,(H2,25,26,27). The lowest BCUT2D eigenvalue weighted by Crippen LogP contribution is -2.36. The topological polar surface area (TPSA) is 81.9 Å². The Bertz CT molecular complexity index is 1090. The highest BCUT2D eigenvalue weighted by molar-refractivity contribution is 5.79. The maximum Gasteiger partial charge on any atom is 0.191 e. The van der Waals surface area contributed by atoms with E-state index in [9.17, 15) is 0 Å². The van der Waals surface area contributed by atoms with Gasteiger partial charge in [-0.1, -0.05) is 18.2 Å². The molecule has 170 valence electrons. The molecule has 3 rings (SSSR count). The molecule has 8 nitrogen and oxygen atoms in total. The highest BCUT2D eigenvalue weighted by atomic mass is 16.5. The fourth-order valence-electron chi connectivity index (χ4n) is 3.55. The van der Waals surface area contributed by atoms with Gasteiger partial charge in [-0.2, -0.15) is 5.10 Å². The summed E-state index contributed by atoms with van der Waals surface area (Å²) in [6.07, 6.45) is 0. The second-order valence-corrected chi connectivity index (χ2v) is 7.27. The molecule has 0 fully saturated rings. The van der Waals surface area contributed by atoms with Crippen LogP contribution in [0.15, 0.2) is 47.5 Å². The van der Waals surface area contributed by atoms with Crippen LogP contribution in [0.5, 0.6) is 17.2 Å². The van der Waals surface area contributed by atoms with E-state index in [4.69, 9.17) is 14.2 Å². The lowest BCUT2D eigenvalue weighted by molar-refractivity contribution is 0.347. The third-order valence-electron chi connectivity index (χ3n) is 5.13. The number of aliphatic imine (C=N–C) groups is 1. The second kappa shape index (κ2) is 10.6. The van der Waals surface area contributed by atoms with E-state index in [0.29, 0.717) is 36.3 Å². The first-order valence-corrected chi connectivity index (χ1v) is 10.4. The molecule has 0 amide bonds. The fourth-order valence-corrected chi connectivity index (χ4v) is 3.55. The number of ether oxygens (including phenoxy) is 3. The maximum atomic E-state index is 5.51. The summed E-state index contributed by atoms with van der Waals surface area (Å²) in [7, 11) is 6.59. The Kier molecular flexibility index (Phi) is 7.59. The van der Waals surface area contributed by atoms with Gasteiger partial charge in [0.05, 0.1) is 32.7 Å². The van der Waals surface area contributed by atoms with Crippen LogP contribution in [0.1, 0.15) is 22.5 Å². The molecule has 8 heteroatoms. The summed E-state index contributed by atoms with van der Waals surface area (Å²) < 4.78 is 18.3. The van der Waals surface area contributed by atoms with Crippen molar-refractivity contribution in [2.75, 3.05) is 28.4 Å². The van der Waals surface area contributed by atoms with Crippen LogP contribution in [0, 0.1) is 13.8 Å². The molecule has 0 saturated carbocycles. The molecule has 0 saturated heterocycles. The maximum absolute atomic E-state index is 5.51. The van der Waals surface area contributed by atoms with Gasteiger partial charge in [0.1, 0.15) is 5.75 Å².